The summed E-state index contributed by atoms with van der Waals surface area (Å²) in [6.07, 6.45) is 0.441. The van der Waals surface area contributed by atoms with E-state index in [1.165, 1.54) is 4.88 Å². The first-order chi connectivity index (χ1) is 8.25. The van der Waals surface area contributed by atoms with Gasteiger partial charge in [0.25, 0.3) is 0 Å². The molecule has 1 aromatic heterocycles. The minimum Gasteiger partial charge on any atom is -0.348 e. The zero-order valence-corrected chi connectivity index (χ0v) is 10.5. The molecule has 0 unspecified atom stereocenters. The van der Waals surface area contributed by atoms with Crippen LogP contribution in [0.25, 0.3) is 0 Å². The molecule has 2 aromatic rings. The summed E-state index contributed by atoms with van der Waals surface area (Å²) in [4.78, 5) is 13.0. The highest BCUT2D eigenvalue weighted by Gasteiger charge is 2.10. The predicted octanol–water partition coefficient (Wildman–Crippen LogP) is 3.17. The Morgan fingerprint density at radius 2 is 2.00 bits per heavy atom. The molecule has 1 aromatic carbocycles. The van der Waals surface area contributed by atoms with Crippen LogP contribution in [0.2, 0.25) is 0 Å². The van der Waals surface area contributed by atoms with E-state index in [-0.39, 0.29) is 11.9 Å². The van der Waals surface area contributed by atoms with Crippen molar-refractivity contribution in [2.24, 2.45) is 0 Å². The largest absolute Gasteiger partial charge is 0.348 e. The van der Waals surface area contributed by atoms with Gasteiger partial charge < -0.3 is 5.32 Å². The first-order valence-corrected chi connectivity index (χ1v) is 6.50. The summed E-state index contributed by atoms with van der Waals surface area (Å²) in [5, 5.41) is 5.03. The van der Waals surface area contributed by atoms with Crippen LogP contribution in [0, 0.1) is 0 Å². The number of carbonyl (C=O) groups excluding carboxylic acids is 1. The predicted molar refractivity (Wildman–Crippen MR) is 71.0 cm³/mol. The molecule has 2 nitrogen and oxygen atoms in total. The summed E-state index contributed by atoms with van der Waals surface area (Å²) < 4.78 is 0. The molecule has 0 radical (unpaired) electrons. The highest BCUT2D eigenvalue weighted by molar-refractivity contribution is 7.10. The third kappa shape index (κ3) is 3.43. The maximum atomic E-state index is 11.8. The van der Waals surface area contributed by atoms with Gasteiger partial charge in [-0.05, 0) is 23.9 Å². The third-order valence-corrected chi connectivity index (χ3v) is 3.61. The average Bonchev–Trinajstić information content (AvgIpc) is 2.83. The van der Waals surface area contributed by atoms with Gasteiger partial charge in [-0.3, -0.25) is 4.79 Å². The van der Waals surface area contributed by atoms with E-state index in [4.69, 9.17) is 0 Å². The monoisotopic (exact) mass is 245 g/mol. The smallest absolute Gasteiger partial charge is 0.224 e. The van der Waals surface area contributed by atoms with Crippen molar-refractivity contribution in [1.29, 1.82) is 0 Å². The Bertz CT molecular complexity index is 464. The second-order valence-corrected chi connectivity index (χ2v) is 4.95. The Morgan fingerprint density at radius 3 is 2.65 bits per heavy atom. The summed E-state index contributed by atoms with van der Waals surface area (Å²) in [6.45, 7) is 2.01. The van der Waals surface area contributed by atoms with E-state index in [9.17, 15) is 4.79 Å². The molecule has 0 saturated carbocycles. The minimum atomic E-state index is 0.0668. The van der Waals surface area contributed by atoms with Crippen molar-refractivity contribution in [2.45, 2.75) is 19.4 Å². The number of thiophene rings is 1. The molecule has 1 heterocycles. The summed E-state index contributed by atoms with van der Waals surface area (Å²) in [7, 11) is 0. The van der Waals surface area contributed by atoms with Gasteiger partial charge in [-0.25, -0.2) is 0 Å². The van der Waals surface area contributed by atoms with Crippen molar-refractivity contribution < 1.29 is 4.79 Å². The molecule has 88 valence electrons. The molecule has 2 rings (SSSR count). The van der Waals surface area contributed by atoms with E-state index in [1.807, 2.05) is 54.8 Å². The lowest BCUT2D eigenvalue weighted by atomic mass is 10.1. The molecule has 1 N–H and O–H groups in total. The van der Waals surface area contributed by atoms with E-state index in [0.717, 1.165) is 5.56 Å². The molecule has 1 amide bonds. The Balaban J connectivity index is 1.90. The van der Waals surface area contributed by atoms with Gasteiger partial charge in [0.05, 0.1) is 12.5 Å². The average molecular weight is 245 g/mol. The van der Waals surface area contributed by atoms with Crippen LogP contribution < -0.4 is 5.32 Å². The summed E-state index contributed by atoms with van der Waals surface area (Å²) in [5.41, 5.74) is 1.04. The van der Waals surface area contributed by atoms with Crippen LogP contribution in [0.5, 0.6) is 0 Å². The topological polar surface area (TPSA) is 29.1 Å². The fourth-order valence-corrected chi connectivity index (χ4v) is 2.42. The van der Waals surface area contributed by atoms with Crippen molar-refractivity contribution in [3.63, 3.8) is 0 Å². The molecule has 3 heteroatoms. The van der Waals surface area contributed by atoms with Gasteiger partial charge in [-0.1, -0.05) is 36.4 Å². The normalized spacial score (nSPS) is 12.1. The van der Waals surface area contributed by atoms with Gasteiger partial charge in [-0.2, -0.15) is 0 Å². The number of nitrogens with one attached hydrogen (secondary N) is 1. The fourth-order valence-electron chi connectivity index (χ4n) is 1.68. The SMILES string of the molecule is C[C@H](NC(=O)Cc1ccccc1)c1cccs1. The Labute approximate surface area is 105 Å². The summed E-state index contributed by atoms with van der Waals surface area (Å²) >= 11 is 1.66. The van der Waals surface area contributed by atoms with Crippen molar-refractivity contribution >= 4 is 17.2 Å². The first kappa shape index (κ1) is 11.9. The first-order valence-electron chi connectivity index (χ1n) is 5.62. The van der Waals surface area contributed by atoms with Crippen molar-refractivity contribution in [1.82, 2.24) is 5.32 Å². The second-order valence-electron chi connectivity index (χ2n) is 3.97. The van der Waals surface area contributed by atoms with Crippen molar-refractivity contribution in [3.8, 4) is 0 Å². The maximum absolute atomic E-state index is 11.8. The lowest BCUT2D eigenvalue weighted by Crippen LogP contribution is -2.27. The molecular weight excluding hydrogens is 230 g/mol. The minimum absolute atomic E-state index is 0.0668. The van der Waals surface area contributed by atoms with Crippen molar-refractivity contribution in [3.05, 3.63) is 58.3 Å². The van der Waals surface area contributed by atoms with E-state index < -0.39 is 0 Å². The van der Waals surface area contributed by atoms with Gasteiger partial charge in [0, 0.05) is 4.88 Å². The summed E-state index contributed by atoms with van der Waals surface area (Å²) in [5.74, 6) is 0.0668. The number of benzene rings is 1. The van der Waals surface area contributed by atoms with Crippen LogP contribution in [-0.2, 0) is 11.2 Å². The van der Waals surface area contributed by atoms with Gasteiger partial charge in [0.15, 0.2) is 0 Å². The van der Waals surface area contributed by atoms with Crippen LogP contribution in [-0.4, -0.2) is 5.91 Å². The lowest BCUT2D eigenvalue weighted by Gasteiger charge is -2.12. The van der Waals surface area contributed by atoms with Crippen molar-refractivity contribution in [2.75, 3.05) is 0 Å². The molecule has 1 atom stereocenters. The number of rotatable bonds is 4. The molecule has 0 bridgehead atoms. The number of hydrogen-bond donors (Lipinski definition) is 1. The fraction of sp³-hybridized carbons (Fsp3) is 0.214. The molecule has 0 aliphatic carbocycles. The van der Waals surface area contributed by atoms with E-state index >= 15 is 0 Å². The van der Waals surface area contributed by atoms with Gasteiger partial charge in [-0.15, -0.1) is 11.3 Å². The molecule has 0 fully saturated rings. The zero-order chi connectivity index (χ0) is 12.1. The third-order valence-electron chi connectivity index (χ3n) is 2.55. The summed E-state index contributed by atoms with van der Waals surface area (Å²) in [6, 6.07) is 13.9. The van der Waals surface area contributed by atoms with E-state index in [2.05, 4.69) is 5.32 Å². The van der Waals surface area contributed by atoms with E-state index in [0.29, 0.717) is 6.42 Å². The number of carbonyl (C=O) groups is 1. The van der Waals surface area contributed by atoms with Crippen LogP contribution in [0.15, 0.2) is 47.8 Å². The molecule has 0 spiro atoms. The van der Waals surface area contributed by atoms with Crippen LogP contribution >= 0.6 is 11.3 Å². The standard InChI is InChI=1S/C14H15NOS/c1-11(13-8-5-9-17-13)15-14(16)10-12-6-3-2-4-7-12/h2-9,11H,10H2,1H3,(H,15,16)/t11-/m0/s1. The maximum Gasteiger partial charge on any atom is 0.224 e. The zero-order valence-electron chi connectivity index (χ0n) is 9.72. The lowest BCUT2D eigenvalue weighted by molar-refractivity contribution is -0.121. The van der Waals surface area contributed by atoms with Gasteiger partial charge >= 0.3 is 0 Å². The molecule has 0 aliphatic rings. The molecule has 17 heavy (non-hydrogen) atoms. The highest BCUT2D eigenvalue weighted by atomic mass is 32.1. The van der Waals surface area contributed by atoms with Crippen LogP contribution in [0.3, 0.4) is 0 Å². The van der Waals surface area contributed by atoms with Gasteiger partial charge in [0.1, 0.15) is 0 Å². The molecular formula is C14H15NOS. The Hall–Kier alpha value is -1.61. The Kier molecular flexibility index (Phi) is 3.94. The molecule has 0 aliphatic heterocycles. The van der Waals surface area contributed by atoms with Crippen LogP contribution in [0.4, 0.5) is 0 Å². The number of hydrogen-bond acceptors (Lipinski definition) is 2. The van der Waals surface area contributed by atoms with Crippen LogP contribution in [0.1, 0.15) is 23.4 Å². The molecule has 0 saturated heterocycles. The number of amides is 1. The Morgan fingerprint density at radius 1 is 1.24 bits per heavy atom. The highest BCUT2D eigenvalue weighted by Crippen LogP contribution is 2.18. The van der Waals surface area contributed by atoms with Gasteiger partial charge in [0.2, 0.25) is 5.91 Å². The second kappa shape index (κ2) is 5.64. The quantitative estimate of drug-likeness (QED) is 0.880. The van der Waals surface area contributed by atoms with E-state index in [1.54, 1.807) is 11.3 Å².